The smallest absolute Gasteiger partial charge is 0.238 e. The maximum absolute atomic E-state index is 12.4. The molecular weight excluding hydrogens is 324 g/mol. The minimum Gasteiger partial charge on any atom is -0.325 e. The summed E-state index contributed by atoms with van der Waals surface area (Å²) >= 11 is 0. The summed E-state index contributed by atoms with van der Waals surface area (Å²) in [7, 11) is 0. The summed E-state index contributed by atoms with van der Waals surface area (Å²) in [6.07, 6.45) is 3.65. The summed E-state index contributed by atoms with van der Waals surface area (Å²) in [5, 5.41) is 6.38. The average molecular weight is 347 g/mol. The Bertz CT molecular complexity index is 665. The van der Waals surface area contributed by atoms with E-state index in [2.05, 4.69) is 26.6 Å². The zero-order valence-corrected chi connectivity index (χ0v) is 14.6. The Morgan fingerprint density at radius 1 is 1.38 bits per heavy atom. The van der Waals surface area contributed by atoms with E-state index in [1.807, 2.05) is 43.5 Å². The molecule has 1 atom stereocenters. The minimum absolute atomic E-state index is 0. The molecule has 0 saturated carbocycles. The van der Waals surface area contributed by atoms with Gasteiger partial charge in [-0.2, -0.15) is 0 Å². The molecule has 6 heteroatoms. The highest BCUT2D eigenvalue weighted by atomic mass is 35.5. The number of benzene rings is 1. The third-order valence-electron chi connectivity index (χ3n) is 4.07. The molecule has 2 N–H and O–H groups in total. The number of pyridine rings is 1. The second-order valence-corrected chi connectivity index (χ2v) is 5.89. The van der Waals surface area contributed by atoms with Gasteiger partial charge in [-0.1, -0.05) is 18.2 Å². The number of halogens is 1. The second-order valence-electron chi connectivity index (χ2n) is 5.89. The molecule has 128 valence electrons. The van der Waals surface area contributed by atoms with Crippen molar-refractivity contribution in [3.8, 4) is 0 Å². The summed E-state index contributed by atoms with van der Waals surface area (Å²) in [6, 6.07) is 12.1. The SMILES string of the molecule is Cc1cccc(NC(=O)CN2CCNCC2c2cccnc2)c1.Cl. The van der Waals surface area contributed by atoms with Gasteiger partial charge in [-0.3, -0.25) is 14.7 Å². The number of aromatic nitrogens is 1. The third kappa shape index (κ3) is 4.77. The monoisotopic (exact) mass is 346 g/mol. The predicted octanol–water partition coefficient (Wildman–Crippen LogP) is 2.40. The molecular formula is C18H23ClN4O. The summed E-state index contributed by atoms with van der Waals surface area (Å²) in [5.74, 6) is 0.0198. The lowest BCUT2D eigenvalue weighted by Gasteiger charge is -2.35. The summed E-state index contributed by atoms with van der Waals surface area (Å²) < 4.78 is 0. The van der Waals surface area contributed by atoms with Crippen molar-refractivity contribution < 1.29 is 4.79 Å². The highest BCUT2D eigenvalue weighted by molar-refractivity contribution is 5.92. The topological polar surface area (TPSA) is 57.3 Å². The van der Waals surface area contributed by atoms with Gasteiger partial charge in [-0.15, -0.1) is 12.4 Å². The van der Waals surface area contributed by atoms with Crippen LogP contribution in [0.2, 0.25) is 0 Å². The Balaban J connectivity index is 0.00000208. The molecule has 1 saturated heterocycles. The fraction of sp³-hybridized carbons (Fsp3) is 0.333. The van der Waals surface area contributed by atoms with E-state index in [4.69, 9.17) is 0 Å². The number of amides is 1. The maximum atomic E-state index is 12.4. The first kappa shape index (κ1) is 18.4. The van der Waals surface area contributed by atoms with Crippen LogP contribution >= 0.6 is 12.4 Å². The van der Waals surface area contributed by atoms with Crippen molar-refractivity contribution in [2.24, 2.45) is 0 Å². The van der Waals surface area contributed by atoms with Crippen molar-refractivity contribution in [3.05, 3.63) is 59.9 Å². The molecule has 24 heavy (non-hydrogen) atoms. The van der Waals surface area contributed by atoms with Gasteiger partial charge in [0.15, 0.2) is 0 Å². The van der Waals surface area contributed by atoms with Gasteiger partial charge in [0.25, 0.3) is 0 Å². The fourth-order valence-corrected chi connectivity index (χ4v) is 2.95. The van der Waals surface area contributed by atoms with Crippen molar-refractivity contribution in [1.29, 1.82) is 0 Å². The van der Waals surface area contributed by atoms with Gasteiger partial charge in [0.05, 0.1) is 6.54 Å². The standard InChI is InChI=1S/C18H22N4O.ClH/c1-14-4-2-6-16(10-14)21-18(23)13-22-9-8-20-12-17(22)15-5-3-7-19-11-15;/h2-7,10-11,17,20H,8-9,12-13H2,1H3,(H,21,23);1H. The van der Waals surface area contributed by atoms with E-state index in [-0.39, 0.29) is 24.4 Å². The van der Waals surface area contributed by atoms with Crippen molar-refractivity contribution >= 4 is 24.0 Å². The fourth-order valence-electron chi connectivity index (χ4n) is 2.95. The van der Waals surface area contributed by atoms with Crippen molar-refractivity contribution in [3.63, 3.8) is 0 Å². The van der Waals surface area contributed by atoms with Gasteiger partial charge in [0, 0.05) is 43.8 Å². The highest BCUT2D eigenvalue weighted by Crippen LogP contribution is 2.21. The molecule has 1 aliphatic heterocycles. The molecule has 0 radical (unpaired) electrons. The first-order valence-electron chi connectivity index (χ1n) is 7.93. The van der Waals surface area contributed by atoms with Crippen LogP contribution in [-0.4, -0.2) is 42.0 Å². The van der Waals surface area contributed by atoms with E-state index in [1.54, 1.807) is 6.20 Å². The number of aryl methyl sites for hydroxylation is 1. The molecule has 5 nitrogen and oxygen atoms in total. The number of nitrogens with one attached hydrogen (secondary N) is 2. The largest absolute Gasteiger partial charge is 0.325 e. The maximum Gasteiger partial charge on any atom is 0.238 e. The first-order chi connectivity index (χ1) is 11.2. The number of carbonyl (C=O) groups is 1. The number of nitrogens with zero attached hydrogens (tertiary/aromatic N) is 2. The molecule has 3 rings (SSSR count). The van der Waals surface area contributed by atoms with Gasteiger partial charge in [-0.05, 0) is 36.2 Å². The van der Waals surface area contributed by atoms with E-state index in [0.717, 1.165) is 36.4 Å². The van der Waals surface area contributed by atoms with E-state index in [0.29, 0.717) is 6.54 Å². The van der Waals surface area contributed by atoms with Crippen LogP contribution in [0.3, 0.4) is 0 Å². The molecule has 0 spiro atoms. The van der Waals surface area contributed by atoms with Crippen LogP contribution in [0.5, 0.6) is 0 Å². The Morgan fingerprint density at radius 3 is 3.00 bits per heavy atom. The van der Waals surface area contributed by atoms with Crippen molar-refractivity contribution in [2.75, 3.05) is 31.5 Å². The quantitative estimate of drug-likeness (QED) is 0.892. The highest BCUT2D eigenvalue weighted by Gasteiger charge is 2.25. The number of hydrogen-bond acceptors (Lipinski definition) is 4. The van der Waals surface area contributed by atoms with Crippen LogP contribution in [-0.2, 0) is 4.79 Å². The average Bonchev–Trinajstić information content (AvgIpc) is 2.56. The molecule has 1 aromatic heterocycles. The molecule has 0 aliphatic carbocycles. The number of anilines is 1. The summed E-state index contributed by atoms with van der Waals surface area (Å²) in [4.78, 5) is 18.8. The number of hydrogen-bond donors (Lipinski definition) is 2. The van der Waals surface area contributed by atoms with E-state index >= 15 is 0 Å². The molecule has 1 fully saturated rings. The molecule has 1 amide bonds. The van der Waals surface area contributed by atoms with Crippen molar-refractivity contribution in [2.45, 2.75) is 13.0 Å². The summed E-state index contributed by atoms with van der Waals surface area (Å²) in [6.45, 7) is 4.98. The minimum atomic E-state index is 0. The van der Waals surface area contributed by atoms with Crippen LogP contribution in [0.4, 0.5) is 5.69 Å². The zero-order valence-electron chi connectivity index (χ0n) is 13.7. The number of rotatable bonds is 4. The van der Waals surface area contributed by atoms with Gasteiger partial charge >= 0.3 is 0 Å². The molecule has 1 unspecified atom stereocenters. The Labute approximate surface area is 148 Å². The lowest BCUT2D eigenvalue weighted by molar-refractivity contribution is -0.118. The van der Waals surface area contributed by atoms with Crippen LogP contribution in [0.15, 0.2) is 48.8 Å². The summed E-state index contributed by atoms with van der Waals surface area (Å²) in [5.41, 5.74) is 3.13. The van der Waals surface area contributed by atoms with Crippen molar-refractivity contribution in [1.82, 2.24) is 15.2 Å². The van der Waals surface area contributed by atoms with Crippen LogP contribution in [0.1, 0.15) is 17.2 Å². The Morgan fingerprint density at radius 2 is 2.25 bits per heavy atom. The zero-order chi connectivity index (χ0) is 16.1. The van der Waals surface area contributed by atoms with Gasteiger partial charge in [0.2, 0.25) is 5.91 Å². The van der Waals surface area contributed by atoms with Crippen LogP contribution in [0, 0.1) is 6.92 Å². The Hall–Kier alpha value is -1.95. The van der Waals surface area contributed by atoms with Gasteiger partial charge < -0.3 is 10.6 Å². The number of piperazine rings is 1. The Kier molecular flexibility index (Phi) is 6.73. The number of carbonyl (C=O) groups excluding carboxylic acids is 1. The van der Waals surface area contributed by atoms with E-state index in [1.165, 1.54) is 0 Å². The second kappa shape index (κ2) is 8.78. The third-order valence-corrected chi connectivity index (χ3v) is 4.07. The normalized spacial score (nSPS) is 17.8. The lowest BCUT2D eigenvalue weighted by atomic mass is 10.1. The predicted molar refractivity (Wildman–Crippen MR) is 98.5 cm³/mol. The molecule has 0 bridgehead atoms. The molecule has 2 aromatic rings. The van der Waals surface area contributed by atoms with Gasteiger partial charge in [-0.25, -0.2) is 0 Å². The van der Waals surface area contributed by atoms with Crippen LogP contribution in [0.25, 0.3) is 0 Å². The van der Waals surface area contributed by atoms with E-state index in [9.17, 15) is 4.79 Å². The lowest BCUT2D eigenvalue weighted by Crippen LogP contribution is -2.48. The first-order valence-corrected chi connectivity index (χ1v) is 7.93. The van der Waals surface area contributed by atoms with Gasteiger partial charge in [0.1, 0.15) is 0 Å². The van der Waals surface area contributed by atoms with Crippen LogP contribution < -0.4 is 10.6 Å². The molecule has 2 heterocycles. The molecule has 1 aromatic carbocycles. The van der Waals surface area contributed by atoms with E-state index < -0.39 is 0 Å². The molecule has 1 aliphatic rings.